The van der Waals surface area contributed by atoms with Gasteiger partial charge in [-0.15, -0.1) is 0 Å². The van der Waals surface area contributed by atoms with Crippen LogP contribution in [0.4, 0.5) is 0 Å². The molecule has 0 unspecified atom stereocenters. The molecule has 130 valence electrons. The number of thiazole rings is 1. The van der Waals surface area contributed by atoms with Gasteiger partial charge in [-0.1, -0.05) is 11.3 Å². The van der Waals surface area contributed by atoms with Crippen LogP contribution in [-0.2, 0) is 14.3 Å². The van der Waals surface area contributed by atoms with Crippen molar-refractivity contribution in [2.45, 2.75) is 6.92 Å². The summed E-state index contributed by atoms with van der Waals surface area (Å²) in [5, 5.41) is 4.44. The minimum Gasteiger partial charge on any atom is -0.503 e. The number of esters is 1. The van der Waals surface area contributed by atoms with Crippen LogP contribution in [0.25, 0.3) is 21.8 Å². The van der Waals surface area contributed by atoms with Gasteiger partial charge in [0.1, 0.15) is 17.1 Å². The number of hydrogen-bond donors (Lipinski definition) is 0. The molecular weight excluding hydrogens is 342 g/mol. The molecule has 3 aromatic rings. The lowest BCUT2D eigenvalue weighted by Crippen LogP contribution is -2.05. The molecule has 2 aromatic heterocycles. The summed E-state index contributed by atoms with van der Waals surface area (Å²) in [6.07, 6.45) is 1.37. The van der Waals surface area contributed by atoms with Gasteiger partial charge in [0.15, 0.2) is 0 Å². The fourth-order valence-corrected chi connectivity index (χ4v) is 3.57. The van der Waals surface area contributed by atoms with Gasteiger partial charge in [0, 0.05) is 5.56 Å². The molecule has 2 heterocycles. The highest BCUT2D eigenvalue weighted by Gasteiger charge is 2.25. The normalized spacial score (nSPS) is 11.6. The molecular formula is C17H17N3O4S. The van der Waals surface area contributed by atoms with E-state index in [0.29, 0.717) is 21.2 Å². The second kappa shape index (κ2) is 6.94. The van der Waals surface area contributed by atoms with Crippen LogP contribution in [0.2, 0.25) is 0 Å². The van der Waals surface area contributed by atoms with Gasteiger partial charge in [-0.25, -0.2) is 14.3 Å². The van der Waals surface area contributed by atoms with Crippen LogP contribution in [0.15, 0.2) is 30.5 Å². The van der Waals surface area contributed by atoms with E-state index in [0.717, 1.165) is 17.0 Å². The SMILES string of the molecule is CO/C=C(/C(=O)OC)c1sc2nc(C)nn2c1-c1ccc(OC)cc1. The third-order valence-electron chi connectivity index (χ3n) is 3.55. The number of aromatic nitrogens is 3. The van der Waals surface area contributed by atoms with Crippen molar-refractivity contribution in [3.63, 3.8) is 0 Å². The standard InChI is InChI=1S/C17H17N3O4S/c1-10-18-17-20(19-10)14(11-5-7-12(23-3)8-6-11)15(25-17)13(9-22-2)16(21)24-4/h5-9H,1-4H3/b13-9+. The Hall–Kier alpha value is -2.87. The molecule has 0 spiro atoms. The van der Waals surface area contributed by atoms with Crippen molar-refractivity contribution < 1.29 is 19.0 Å². The van der Waals surface area contributed by atoms with Crippen LogP contribution in [0.1, 0.15) is 10.7 Å². The number of benzene rings is 1. The second-order valence-corrected chi connectivity index (χ2v) is 6.10. The Labute approximate surface area is 148 Å². The maximum absolute atomic E-state index is 12.2. The van der Waals surface area contributed by atoms with Gasteiger partial charge in [-0.3, -0.25) is 0 Å². The first-order valence-corrected chi connectivity index (χ1v) is 8.23. The number of aryl methyl sites for hydroxylation is 1. The summed E-state index contributed by atoms with van der Waals surface area (Å²) in [6.45, 7) is 1.82. The van der Waals surface area contributed by atoms with Gasteiger partial charge in [-0.05, 0) is 31.2 Å². The molecule has 0 amide bonds. The zero-order chi connectivity index (χ0) is 18.0. The first-order chi connectivity index (χ1) is 12.1. The van der Waals surface area contributed by atoms with Crippen LogP contribution in [-0.4, -0.2) is 41.9 Å². The summed E-state index contributed by atoms with van der Waals surface area (Å²) in [4.78, 5) is 18.0. The van der Waals surface area contributed by atoms with Gasteiger partial charge in [-0.2, -0.15) is 5.10 Å². The third kappa shape index (κ3) is 3.08. The van der Waals surface area contributed by atoms with Crippen LogP contribution < -0.4 is 4.74 Å². The molecule has 0 atom stereocenters. The summed E-state index contributed by atoms with van der Waals surface area (Å²) in [7, 11) is 4.43. The summed E-state index contributed by atoms with van der Waals surface area (Å²) < 4.78 is 16.9. The molecule has 0 aliphatic rings. The smallest absolute Gasteiger partial charge is 0.342 e. The second-order valence-electron chi connectivity index (χ2n) is 5.12. The van der Waals surface area contributed by atoms with E-state index in [2.05, 4.69) is 10.1 Å². The highest BCUT2D eigenvalue weighted by Crippen LogP contribution is 2.37. The van der Waals surface area contributed by atoms with Crippen molar-refractivity contribution in [2.24, 2.45) is 0 Å². The van der Waals surface area contributed by atoms with E-state index in [1.54, 1.807) is 11.6 Å². The minimum atomic E-state index is -0.488. The van der Waals surface area contributed by atoms with Gasteiger partial charge in [0.05, 0.1) is 38.2 Å². The maximum Gasteiger partial charge on any atom is 0.342 e. The zero-order valence-electron chi connectivity index (χ0n) is 14.3. The summed E-state index contributed by atoms with van der Waals surface area (Å²) in [6, 6.07) is 7.51. The average Bonchev–Trinajstić information content (AvgIpc) is 3.14. The Bertz CT molecular complexity index is 941. The number of hydrogen-bond acceptors (Lipinski definition) is 7. The predicted molar refractivity (Wildman–Crippen MR) is 94.6 cm³/mol. The van der Waals surface area contributed by atoms with Crippen molar-refractivity contribution in [3.8, 4) is 17.0 Å². The van der Waals surface area contributed by atoms with E-state index in [1.807, 2.05) is 31.2 Å². The number of carbonyl (C=O) groups excluding carboxylic acids is 1. The van der Waals surface area contributed by atoms with Crippen molar-refractivity contribution in [3.05, 3.63) is 41.2 Å². The molecule has 0 saturated heterocycles. The predicted octanol–water partition coefficient (Wildman–Crippen LogP) is 2.94. The quantitative estimate of drug-likeness (QED) is 0.396. The molecule has 0 bridgehead atoms. The monoisotopic (exact) mass is 359 g/mol. The Morgan fingerprint density at radius 2 is 1.92 bits per heavy atom. The van der Waals surface area contributed by atoms with Crippen LogP contribution in [0.5, 0.6) is 5.75 Å². The number of rotatable bonds is 5. The lowest BCUT2D eigenvalue weighted by Gasteiger charge is -2.08. The molecule has 3 rings (SSSR count). The fourth-order valence-electron chi connectivity index (χ4n) is 2.45. The van der Waals surface area contributed by atoms with E-state index in [-0.39, 0.29) is 0 Å². The van der Waals surface area contributed by atoms with E-state index in [9.17, 15) is 4.79 Å². The molecule has 0 radical (unpaired) electrons. The first-order valence-electron chi connectivity index (χ1n) is 7.41. The average molecular weight is 359 g/mol. The first kappa shape index (κ1) is 17.0. The fraction of sp³-hybridized carbons (Fsp3) is 0.235. The number of methoxy groups -OCH3 is 3. The molecule has 25 heavy (non-hydrogen) atoms. The van der Waals surface area contributed by atoms with Crippen LogP contribution in [0.3, 0.4) is 0 Å². The molecule has 7 nitrogen and oxygen atoms in total. The number of fused-ring (bicyclic) bond motifs is 1. The number of carbonyl (C=O) groups is 1. The van der Waals surface area contributed by atoms with Gasteiger partial charge >= 0.3 is 5.97 Å². The van der Waals surface area contributed by atoms with Crippen molar-refractivity contribution >= 4 is 27.8 Å². The van der Waals surface area contributed by atoms with Gasteiger partial charge in [0.25, 0.3) is 0 Å². The van der Waals surface area contributed by atoms with Crippen molar-refractivity contribution in [2.75, 3.05) is 21.3 Å². The Kier molecular flexibility index (Phi) is 4.71. The number of nitrogens with zero attached hydrogens (tertiary/aromatic N) is 3. The van der Waals surface area contributed by atoms with Crippen molar-refractivity contribution in [1.82, 2.24) is 14.6 Å². The minimum absolute atomic E-state index is 0.311. The van der Waals surface area contributed by atoms with Gasteiger partial charge in [0.2, 0.25) is 4.96 Å². The molecule has 0 N–H and O–H groups in total. The summed E-state index contributed by atoms with van der Waals surface area (Å²) in [5.41, 5.74) is 1.93. The van der Waals surface area contributed by atoms with E-state index < -0.39 is 5.97 Å². The highest BCUT2D eigenvalue weighted by molar-refractivity contribution is 7.18. The molecule has 0 saturated carbocycles. The lowest BCUT2D eigenvalue weighted by molar-refractivity contribution is -0.133. The Morgan fingerprint density at radius 3 is 2.52 bits per heavy atom. The number of ether oxygens (including phenoxy) is 3. The Balaban J connectivity index is 2.26. The van der Waals surface area contributed by atoms with E-state index in [4.69, 9.17) is 14.2 Å². The summed E-state index contributed by atoms with van der Waals surface area (Å²) in [5.74, 6) is 0.910. The van der Waals surface area contributed by atoms with Crippen molar-refractivity contribution in [1.29, 1.82) is 0 Å². The topological polar surface area (TPSA) is 75.0 Å². The Morgan fingerprint density at radius 1 is 1.20 bits per heavy atom. The maximum atomic E-state index is 12.2. The van der Waals surface area contributed by atoms with Crippen LogP contribution >= 0.6 is 11.3 Å². The van der Waals surface area contributed by atoms with E-state index >= 15 is 0 Å². The molecule has 0 aliphatic carbocycles. The molecule has 0 fully saturated rings. The molecule has 8 heteroatoms. The lowest BCUT2D eigenvalue weighted by atomic mass is 10.1. The largest absolute Gasteiger partial charge is 0.503 e. The third-order valence-corrected chi connectivity index (χ3v) is 4.62. The highest BCUT2D eigenvalue weighted by atomic mass is 32.1. The summed E-state index contributed by atoms with van der Waals surface area (Å²) >= 11 is 1.35. The molecule has 0 aliphatic heterocycles. The zero-order valence-corrected chi connectivity index (χ0v) is 15.1. The van der Waals surface area contributed by atoms with E-state index in [1.165, 1.54) is 31.8 Å². The molecule has 1 aromatic carbocycles. The van der Waals surface area contributed by atoms with Gasteiger partial charge < -0.3 is 14.2 Å². The van der Waals surface area contributed by atoms with Crippen LogP contribution in [0, 0.1) is 6.92 Å².